The standard InChI is InChI=1S/C56H74ClN12O7PS/c1-36-50(78-35-60-36)38-14-12-37(13-15-38)32-58-53(73)45-31-41(70)34-69(45)54(74)51(56(2,3)4)64-49(72)21-23-67-28-26-66(27-29-67)22-20-48(71)61-39-18-24-68(25-19-39)40-16-17-43(46(30-40)76-5)63-55-59-33-42(57)52(65-55)62-44-10-8-9-11-47(44)77(6,7)75/h8-17,30,33,35,39,41,45,51,70H,18-29,31-32,34H2,1-7H3,(H,58,73)(H,61,71)(H,64,72)(H2,59,62,63,65)/t41-,45+,51-/m1/s1. The van der Waals surface area contributed by atoms with Gasteiger partial charge in [-0.2, -0.15) is 4.98 Å². The number of methoxy groups -OCH3 is 1. The monoisotopic (exact) mass is 1120 g/mol. The number of aromatic nitrogens is 3. The van der Waals surface area contributed by atoms with Crippen LogP contribution in [-0.2, 0) is 30.3 Å². The Balaban J connectivity index is 0.731. The molecule has 0 saturated carbocycles. The van der Waals surface area contributed by atoms with Gasteiger partial charge in [-0.25, -0.2) is 9.97 Å². The van der Waals surface area contributed by atoms with Gasteiger partial charge in [0.25, 0.3) is 0 Å². The summed E-state index contributed by atoms with van der Waals surface area (Å²) in [7, 11) is -0.965. The first-order valence-corrected chi connectivity index (χ1v) is 30.5. The number of piperidine rings is 1. The summed E-state index contributed by atoms with van der Waals surface area (Å²) in [6.45, 7) is 17.1. The predicted octanol–water partition coefficient (Wildman–Crippen LogP) is 6.60. The van der Waals surface area contributed by atoms with E-state index < -0.39 is 30.7 Å². The lowest BCUT2D eigenvalue weighted by atomic mass is 9.85. The van der Waals surface area contributed by atoms with E-state index in [9.17, 15) is 28.8 Å². The lowest BCUT2D eigenvalue weighted by Gasteiger charge is -2.36. The molecule has 3 aromatic carbocycles. The lowest BCUT2D eigenvalue weighted by molar-refractivity contribution is -0.144. The van der Waals surface area contributed by atoms with Gasteiger partial charge in [-0.1, -0.05) is 68.8 Å². The van der Waals surface area contributed by atoms with E-state index in [0.29, 0.717) is 58.7 Å². The van der Waals surface area contributed by atoms with E-state index in [4.69, 9.17) is 16.3 Å². The molecule has 0 unspecified atom stereocenters. The van der Waals surface area contributed by atoms with Crippen LogP contribution < -0.4 is 41.5 Å². The van der Waals surface area contributed by atoms with Crippen LogP contribution in [-0.4, -0.2) is 162 Å². The summed E-state index contributed by atoms with van der Waals surface area (Å²) < 4.78 is 18.7. The molecule has 0 spiro atoms. The van der Waals surface area contributed by atoms with Gasteiger partial charge >= 0.3 is 0 Å². The van der Waals surface area contributed by atoms with Crippen molar-refractivity contribution in [1.29, 1.82) is 0 Å². The van der Waals surface area contributed by atoms with Gasteiger partial charge in [-0.3, -0.25) is 19.2 Å². The van der Waals surface area contributed by atoms with Crippen molar-refractivity contribution in [3.63, 3.8) is 0 Å². The van der Waals surface area contributed by atoms with Crippen molar-refractivity contribution in [2.24, 2.45) is 5.41 Å². The fraction of sp³-hybridized carbons (Fsp3) is 0.482. The number of nitrogens with one attached hydrogen (secondary N) is 5. The number of amides is 4. The summed E-state index contributed by atoms with van der Waals surface area (Å²) in [5.41, 5.74) is 6.42. The molecule has 0 bridgehead atoms. The first kappa shape index (κ1) is 58.0. The number of hydrogen-bond donors (Lipinski definition) is 6. The Morgan fingerprint density at radius 1 is 0.885 bits per heavy atom. The Morgan fingerprint density at radius 2 is 1.56 bits per heavy atom. The number of benzene rings is 3. The lowest BCUT2D eigenvalue weighted by Crippen LogP contribution is -2.58. The number of rotatable bonds is 20. The zero-order valence-electron chi connectivity index (χ0n) is 45.7. The summed E-state index contributed by atoms with van der Waals surface area (Å²) in [6.07, 6.45) is 2.97. The van der Waals surface area contributed by atoms with Gasteiger partial charge in [-0.05, 0) is 73.9 Å². The molecule has 0 radical (unpaired) electrons. The van der Waals surface area contributed by atoms with Crippen LogP contribution in [0, 0.1) is 12.3 Å². The van der Waals surface area contributed by atoms with Crippen LogP contribution in [0.25, 0.3) is 10.4 Å². The molecular formula is C56H74ClN12O7PS. The number of anilines is 5. The molecule has 3 aliphatic rings. The van der Waals surface area contributed by atoms with Crippen LogP contribution in [0.15, 0.2) is 78.4 Å². The van der Waals surface area contributed by atoms with Gasteiger partial charge < -0.3 is 60.6 Å². The third-order valence-corrected chi connectivity index (χ3v) is 17.4. The summed E-state index contributed by atoms with van der Waals surface area (Å²) in [6, 6.07) is 19.5. The number of aliphatic hydroxyl groups is 1. The normalized spacial score (nSPS) is 18.1. The number of thiazole rings is 1. The van der Waals surface area contributed by atoms with Gasteiger partial charge in [0, 0.05) is 108 Å². The number of piperazine rings is 1. The molecule has 418 valence electrons. The van der Waals surface area contributed by atoms with E-state index in [-0.39, 0.29) is 55.6 Å². The molecule has 3 atom stereocenters. The molecule has 0 aliphatic carbocycles. The van der Waals surface area contributed by atoms with Crippen LogP contribution in [0.4, 0.5) is 28.8 Å². The number of para-hydroxylation sites is 1. The number of aliphatic hydroxyl groups excluding tert-OH is 1. The zero-order chi connectivity index (χ0) is 55.7. The van der Waals surface area contributed by atoms with Gasteiger partial charge in [0.05, 0.1) is 46.9 Å². The maximum absolute atomic E-state index is 14.2. The molecular weight excluding hydrogens is 1050 g/mol. The molecule has 3 saturated heterocycles. The molecule has 8 rings (SSSR count). The second kappa shape index (κ2) is 25.8. The average Bonchev–Trinajstić information content (AvgIpc) is 4.10. The Morgan fingerprint density at radius 3 is 2.21 bits per heavy atom. The molecule has 78 heavy (non-hydrogen) atoms. The fourth-order valence-electron chi connectivity index (χ4n) is 10.1. The topological polar surface area (TPSA) is 227 Å². The average molecular weight is 1130 g/mol. The largest absolute Gasteiger partial charge is 0.494 e. The molecule has 3 fully saturated rings. The van der Waals surface area contributed by atoms with Crippen LogP contribution in [0.2, 0.25) is 5.02 Å². The number of aryl methyl sites for hydroxylation is 1. The van der Waals surface area contributed by atoms with Gasteiger partial charge in [0.1, 0.15) is 30.0 Å². The Bertz CT molecular complexity index is 2950. The SMILES string of the molecule is COc1cc(N2CCC(NC(=O)CCN3CCN(CCC(=O)N[C@H](C(=O)N4C[C@H](O)C[C@H]4C(=O)NCc4ccc(-c5scnc5C)cc4)C(C)(C)C)CC3)CC2)ccc1Nc1ncc(Cl)c(Nc2ccccc2P(C)(C)=O)n1. The van der Waals surface area contributed by atoms with E-state index in [1.54, 1.807) is 31.8 Å². The van der Waals surface area contributed by atoms with E-state index in [1.807, 2.05) is 99.9 Å². The minimum absolute atomic E-state index is 0.00827. The molecule has 3 aliphatic heterocycles. The first-order chi connectivity index (χ1) is 37.2. The summed E-state index contributed by atoms with van der Waals surface area (Å²) >= 11 is 8.06. The highest BCUT2D eigenvalue weighted by atomic mass is 35.5. The third-order valence-electron chi connectivity index (χ3n) is 14.6. The highest BCUT2D eigenvalue weighted by Gasteiger charge is 2.44. The predicted molar refractivity (Wildman–Crippen MR) is 309 cm³/mol. The number of hydrogen-bond acceptors (Lipinski definition) is 16. The number of likely N-dealkylation sites (tertiary alicyclic amines) is 1. The number of carbonyl (C=O) groups is 4. The van der Waals surface area contributed by atoms with E-state index in [1.165, 1.54) is 11.1 Å². The highest BCUT2D eigenvalue weighted by Crippen LogP contribution is 2.39. The fourth-order valence-corrected chi connectivity index (χ4v) is 12.2. The van der Waals surface area contributed by atoms with Crippen molar-refractivity contribution in [1.82, 2.24) is 45.6 Å². The van der Waals surface area contributed by atoms with Crippen molar-refractivity contribution >= 4 is 87.8 Å². The Hall–Kier alpha value is -6.15. The summed E-state index contributed by atoms with van der Waals surface area (Å²) in [5, 5.41) is 27.4. The maximum atomic E-state index is 14.2. The van der Waals surface area contributed by atoms with Gasteiger partial charge in [0.2, 0.25) is 29.6 Å². The zero-order valence-corrected chi connectivity index (χ0v) is 48.1. The number of ether oxygens (including phenoxy) is 1. The number of β-amino-alcohol motifs (C(OH)–C–C–N with tert-alkyl or cyclic N) is 1. The van der Waals surface area contributed by atoms with Crippen LogP contribution in [0.5, 0.6) is 5.75 Å². The van der Waals surface area contributed by atoms with Crippen LogP contribution >= 0.6 is 30.1 Å². The van der Waals surface area contributed by atoms with Gasteiger partial charge in [-0.15, -0.1) is 11.3 Å². The quantitative estimate of drug-likeness (QED) is 0.0452. The smallest absolute Gasteiger partial charge is 0.246 e. The second-order valence-electron chi connectivity index (χ2n) is 21.8. The number of nitrogens with zero attached hydrogens (tertiary/aromatic N) is 7. The third kappa shape index (κ3) is 15.1. The van der Waals surface area contributed by atoms with E-state index >= 15 is 0 Å². The Labute approximate surface area is 466 Å². The minimum atomic E-state index is -2.58. The number of halogens is 1. The summed E-state index contributed by atoms with van der Waals surface area (Å²) in [5.74, 6) is 0.333. The van der Waals surface area contributed by atoms with Crippen molar-refractivity contribution in [3.05, 3.63) is 94.7 Å². The van der Waals surface area contributed by atoms with Crippen molar-refractivity contribution in [3.8, 4) is 16.2 Å². The van der Waals surface area contributed by atoms with Crippen molar-refractivity contribution in [2.75, 3.05) is 94.9 Å². The van der Waals surface area contributed by atoms with Crippen molar-refractivity contribution < 1.29 is 33.6 Å². The van der Waals surface area contributed by atoms with Crippen LogP contribution in [0.1, 0.15) is 64.1 Å². The highest BCUT2D eigenvalue weighted by molar-refractivity contribution is 7.70. The molecule has 22 heteroatoms. The molecule has 4 amide bonds. The van der Waals surface area contributed by atoms with Crippen LogP contribution in [0.3, 0.4) is 0 Å². The molecule has 5 heterocycles. The molecule has 2 aromatic heterocycles. The minimum Gasteiger partial charge on any atom is -0.494 e. The molecule has 5 aromatic rings. The summed E-state index contributed by atoms with van der Waals surface area (Å²) in [4.78, 5) is 77.0. The molecule has 19 nitrogen and oxygen atoms in total. The second-order valence-corrected chi connectivity index (χ2v) is 26.3. The Kier molecular flexibility index (Phi) is 19.2. The molecule has 6 N–H and O–H groups in total. The van der Waals surface area contributed by atoms with E-state index in [0.717, 1.165) is 79.5 Å². The maximum Gasteiger partial charge on any atom is 0.246 e. The van der Waals surface area contributed by atoms with E-state index in [2.05, 4.69) is 56.2 Å². The first-order valence-electron chi connectivity index (χ1n) is 26.7. The number of carbonyl (C=O) groups excluding carboxylic acids is 4. The van der Waals surface area contributed by atoms with Gasteiger partial charge in [0.15, 0.2) is 5.82 Å². The van der Waals surface area contributed by atoms with Crippen molar-refractivity contribution in [2.45, 2.75) is 90.6 Å².